The van der Waals surface area contributed by atoms with Crippen LogP contribution in [0.3, 0.4) is 0 Å². The van der Waals surface area contributed by atoms with Crippen LogP contribution in [0.15, 0.2) is 24.4 Å². The van der Waals surface area contributed by atoms with Crippen molar-refractivity contribution >= 4 is 28.6 Å². The second-order valence-corrected chi connectivity index (χ2v) is 4.43. The van der Waals surface area contributed by atoms with Crippen molar-refractivity contribution in [3.8, 4) is 11.4 Å². The Labute approximate surface area is 112 Å². The molecule has 0 saturated carbocycles. The fourth-order valence-corrected chi connectivity index (χ4v) is 2.43. The minimum absolute atomic E-state index is 0.216. The first-order valence-corrected chi connectivity index (χ1v) is 6.14. The lowest BCUT2D eigenvalue weighted by atomic mass is 10.2. The van der Waals surface area contributed by atoms with Gasteiger partial charge in [0, 0.05) is 12.7 Å². The van der Waals surface area contributed by atoms with Crippen molar-refractivity contribution in [2.75, 3.05) is 0 Å². The Morgan fingerprint density at radius 3 is 2.76 bits per heavy atom. The molecule has 0 unspecified atom stereocenters. The van der Waals surface area contributed by atoms with Crippen LogP contribution in [0.5, 0.6) is 0 Å². The maximum absolute atomic E-state index is 11.2. The summed E-state index contributed by atoms with van der Waals surface area (Å²) in [6.45, 7) is 2.38. The summed E-state index contributed by atoms with van der Waals surface area (Å²) in [5.41, 5.74) is 1.52. The van der Waals surface area contributed by atoms with Gasteiger partial charge in [0.2, 0.25) is 0 Å². The fourth-order valence-electron chi connectivity index (χ4n) is 1.54. The van der Waals surface area contributed by atoms with Gasteiger partial charge in [0.15, 0.2) is 5.69 Å². The van der Waals surface area contributed by atoms with Gasteiger partial charge in [0.25, 0.3) is 0 Å². The first-order valence-electron chi connectivity index (χ1n) is 5.06. The van der Waals surface area contributed by atoms with Crippen LogP contribution in [-0.2, 0) is 6.54 Å². The van der Waals surface area contributed by atoms with Crippen LogP contribution in [-0.4, -0.2) is 25.8 Å². The monoisotopic (exact) mass is 343 g/mol. The molecule has 88 valence electrons. The Hall–Kier alpha value is -1.44. The van der Waals surface area contributed by atoms with E-state index >= 15 is 0 Å². The number of hydrogen-bond acceptors (Lipinski definition) is 3. The van der Waals surface area contributed by atoms with Gasteiger partial charge in [-0.2, -0.15) is 5.10 Å². The molecule has 0 aromatic carbocycles. The number of aromatic nitrogens is 3. The molecule has 17 heavy (non-hydrogen) atoms. The summed E-state index contributed by atoms with van der Waals surface area (Å²) >= 11 is 2.00. The van der Waals surface area contributed by atoms with Crippen molar-refractivity contribution in [1.29, 1.82) is 0 Å². The van der Waals surface area contributed by atoms with Crippen molar-refractivity contribution in [3.63, 3.8) is 0 Å². The normalized spacial score (nSPS) is 10.5. The van der Waals surface area contributed by atoms with Crippen LogP contribution in [0.4, 0.5) is 0 Å². The Kier molecular flexibility index (Phi) is 3.41. The molecule has 0 aliphatic rings. The number of halogens is 1. The molecule has 2 aromatic heterocycles. The van der Waals surface area contributed by atoms with E-state index in [0.29, 0.717) is 21.5 Å². The van der Waals surface area contributed by atoms with Crippen molar-refractivity contribution in [2.24, 2.45) is 0 Å². The second-order valence-electron chi connectivity index (χ2n) is 3.35. The molecular formula is C11H10IN3O2. The van der Waals surface area contributed by atoms with E-state index in [-0.39, 0.29) is 5.69 Å². The molecule has 6 heteroatoms. The SMILES string of the molecule is CCn1nc(-c2ccccn2)c(I)c1C(=O)O. The lowest BCUT2D eigenvalue weighted by Crippen LogP contribution is -2.09. The zero-order chi connectivity index (χ0) is 12.4. The molecule has 0 radical (unpaired) electrons. The molecule has 2 aromatic rings. The summed E-state index contributed by atoms with van der Waals surface area (Å²) in [6, 6.07) is 5.48. The molecule has 1 N–H and O–H groups in total. The molecule has 2 heterocycles. The second kappa shape index (κ2) is 4.82. The Bertz CT molecular complexity index is 551. The molecule has 0 amide bonds. The molecule has 0 aliphatic heterocycles. The standard InChI is InChI=1S/C11H10IN3O2/c1-2-15-10(11(16)17)8(12)9(14-15)7-5-3-4-6-13-7/h3-6H,2H2,1H3,(H,16,17). The topological polar surface area (TPSA) is 68.0 Å². The summed E-state index contributed by atoms with van der Waals surface area (Å²) in [4.78, 5) is 15.3. The Morgan fingerprint density at radius 2 is 2.29 bits per heavy atom. The average molecular weight is 343 g/mol. The molecule has 0 bridgehead atoms. The zero-order valence-corrected chi connectivity index (χ0v) is 11.2. The molecule has 0 aliphatic carbocycles. The third-order valence-electron chi connectivity index (χ3n) is 2.30. The van der Waals surface area contributed by atoms with Gasteiger partial charge in [0.1, 0.15) is 5.69 Å². The summed E-state index contributed by atoms with van der Waals surface area (Å²) in [7, 11) is 0. The van der Waals surface area contributed by atoms with Gasteiger partial charge in [-0.15, -0.1) is 0 Å². The summed E-state index contributed by atoms with van der Waals surface area (Å²) in [5.74, 6) is -0.967. The maximum Gasteiger partial charge on any atom is 0.355 e. The number of pyridine rings is 1. The summed E-state index contributed by atoms with van der Waals surface area (Å²) < 4.78 is 2.10. The van der Waals surface area contributed by atoms with Crippen LogP contribution in [0.25, 0.3) is 11.4 Å². The van der Waals surface area contributed by atoms with E-state index in [1.165, 1.54) is 4.68 Å². The predicted molar refractivity (Wildman–Crippen MR) is 70.8 cm³/mol. The summed E-state index contributed by atoms with van der Waals surface area (Å²) in [5, 5.41) is 13.4. The minimum Gasteiger partial charge on any atom is -0.476 e. The van der Waals surface area contributed by atoms with Crippen LogP contribution >= 0.6 is 22.6 Å². The van der Waals surface area contributed by atoms with E-state index in [1.54, 1.807) is 6.20 Å². The van der Waals surface area contributed by atoms with Crippen LogP contribution < -0.4 is 0 Å². The lowest BCUT2D eigenvalue weighted by Gasteiger charge is -1.98. The minimum atomic E-state index is -0.967. The first kappa shape index (κ1) is 12.0. The van der Waals surface area contributed by atoms with E-state index in [9.17, 15) is 4.79 Å². The number of aryl methyl sites for hydroxylation is 1. The molecule has 0 saturated heterocycles. The molecule has 0 spiro atoms. The molecule has 0 atom stereocenters. The third kappa shape index (κ3) is 2.17. The first-order chi connectivity index (χ1) is 8.15. The van der Waals surface area contributed by atoms with Gasteiger partial charge in [-0.05, 0) is 41.6 Å². The van der Waals surface area contributed by atoms with Crippen molar-refractivity contribution in [2.45, 2.75) is 13.5 Å². The largest absolute Gasteiger partial charge is 0.476 e. The van der Waals surface area contributed by atoms with Gasteiger partial charge in [-0.1, -0.05) is 6.07 Å². The number of carboxylic acid groups (broad SMARTS) is 1. The Balaban J connectivity index is 2.61. The van der Waals surface area contributed by atoms with Gasteiger partial charge < -0.3 is 5.11 Å². The number of carbonyl (C=O) groups is 1. The van der Waals surface area contributed by atoms with E-state index in [2.05, 4.69) is 10.1 Å². The number of nitrogens with zero attached hydrogens (tertiary/aromatic N) is 3. The van der Waals surface area contributed by atoms with E-state index in [4.69, 9.17) is 5.11 Å². The van der Waals surface area contributed by atoms with Gasteiger partial charge in [-0.3, -0.25) is 9.67 Å². The van der Waals surface area contributed by atoms with E-state index < -0.39 is 5.97 Å². The summed E-state index contributed by atoms with van der Waals surface area (Å²) in [6.07, 6.45) is 1.66. The highest BCUT2D eigenvalue weighted by Crippen LogP contribution is 2.25. The van der Waals surface area contributed by atoms with Crippen molar-refractivity contribution in [1.82, 2.24) is 14.8 Å². The molecular weight excluding hydrogens is 333 g/mol. The highest BCUT2D eigenvalue weighted by Gasteiger charge is 2.21. The molecule has 0 fully saturated rings. The highest BCUT2D eigenvalue weighted by molar-refractivity contribution is 14.1. The number of carboxylic acids is 1. The van der Waals surface area contributed by atoms with Crippen LogP contribution in [0.1, 0.15) is 17.4 Å². The average Bonchev–Trinajstić information content (AvgIpc) is 2.67. The maximum atomic E-state index is 11.2. The quantitative estimate of drug-likeness (QED) is 0.869. The van der Waals surface area contributed by atoms with Crippen LogP contribution in [0, 0.1) is 3.57 Å². The fraction of sp³-hybridized carbons (Fsp3) is 0.182. The predicted octanol–water partition coefficient (Wildman–Crippen LogP) is 2.27. The van der Waals surface area contributed by atoms with Gasteiger partial charge in [0.05, 0.1) is 9.26 Å². The van der Waals surface area contributed by atoms with Gasteiger partial charge in [-0.25, -0.2) is 4.79 Å². The van der Waals surface area contributed by atoms with E-state index in [0.717, 1.165) is 0 Å². The third-order valence-corrected chi connectivity index (χ3v) is 3.33. The Morgan fingerprint density at radius 1 is 1.53 bits per heavy atom. The van der Waals surface area contributed by atoms with Crippen molar-refractivity contribution < 1.29 is 9.90 Å². The van der Waals surface area contributed by atoms with Gasteiger partial charge >= 0.3 is 5.97 Å². The molecule has 5 nitrogen and oxygen atoms in total. The number of aromatic carboxylic acids is 1. The zero-order valence-electron chi connectivity index (χ0n) is 9.09. The molecule has 2 rings (SSSR count). The number of hydrogen-bond donors (Lipinski definition) is 1. The van der Waals surface area contributed by atoms with E-state index in [1.807, 2.05) is 47.7 Å². The number of rotatable bonds is 3. The van der Waals surface area contributed by atoms with Crippen LogP contribution in [0.2, 0.25) is 0 Å². The lowest BCUT2D eigenvalue weighted by molar-refractivity contribution is 0.0682. The smallest absolute Gasteiger partial charge is 0.355 e. The van der Waals surface area contributed by atoms with Crippen molar-refractivity contribution in [3.05, 3.63) is 33.7 Å². The highest BCUT2D eigenvalue weighted by atomic mass is 127.